The summed E-state index contributed by atoms with van der Waals surface area (Å²) in [6.45, 7) is 5.47. The monoisotopic (exact) mass is 303 g/mol. The molecule has 0 aromatic carbocycles. The molecule has 0 spiro atoms. The summed E-state index contributed by atoms with van der Waals surface area (Å²) < 4.78 is 0. The fourth-order valence-corrected chi connectivity index (χ4v) is 1.54. The minimum atomic E-state index is 0.0473. The van der Waals surface area contributed by atoms with Crippen molar-refractivity contribution >= 4 is 12.2 Å². The molecule has 0 aromatic rings. The van der Waals surface area contributed by atoms with Crippen LogP contribution in [0.3, 0.4) is 0 Å². The molecule has 4 N–H and O–H groups in total. The van der Waals surface area contributed by atoms with E-state index in [4.69, 9.17) is 0 Å². The molecule has 0 saturated heterocycles. The van der Waals surface area contributed by atoms with Gasteiger partial charge in [-0.2, -0.15) is 0 Å². The number of hydrogen-bond acceptors (Lipinski definition) is 4. The Morgan fingerprint density at radius 1 is 1.00 bits per heavy atom. The average Bonchev–Trinajstić information content (AvgIpc) is 2.50. The van der Waals surface area contributed by atoms with Gasteiger partial charge >= 0.3 is 0 Å². The Balaban J connectivity index is -0.000000277. The molecule has 0 aliphatic carbocycles. The van der Waals surface area contributed by atoms with Gasteiger partial charge in [-0.15, -0.1) is 0 Å². The highest BCUT2D eigenvalue weighted by Crippen LogP contribution is 2.05. The Bertz CT molecular complexity index is 200. The number of aldehydes is 1. The molecule has 5 nitrogen and oxygen atoms in total. The second-order valence-electron chi connectivity index (χ2n) is 4.66. The molecule has 0 atom stereocenters. The van der Waals surface area contributed by atoms with E-state index in [0.29, 0.717) is 0 Å². The standard InChI is InChI=1S/C9H18O.C6H14N2O.CH5N/c1-2-3-4-5-6-7-8-9-10;1-6(9)8-5-3-4-7-2;1-2/h9H,2-8H2,1H3;7H,3-5H2,1-2H3,(H,8,9);2H2,1H3. The molecule has 128 valence electrons. The lowest BCUT2D eigenvalue weighted by molar-refractivity contribution is -0.119. The molecule has 1 amide bonds. The van der Waals surface area contributed by atoms with Gasteiger partial charge in [-0.25, -0.2) is 0 Å². The van der Waals surface area contributed by atoms with Gasteiger partial charge in [0.15, 0.2) is 0 Å². The quantitative estimate of drug-likeness (QED) is 0.404. The van der Waals surface area contributed by atoms with Crippen molar-refractivity contribution in [2.75, 3.05) is 27.2 Å². The molecule has 0 fully saturated rings. The van der Waals surface area contributed by atoms with Gasteiger partial charge in [0, 0.05) is 19.9 Å². The van der Waals surface area contributed by atoms with Crippen LogP contribution in [-0.4, -0.2) is 39.4 Å². The Hall–Kier alpha value is -0.940. The average molecular weight is 303 g/mol. The van der Waals surface area contributed by atoms with Crippen LogP contribution in [0.2, 0.25) is 0 Å². The molecular formula is C16H37N3O2. The van der Waals surface area contributed by atoms with Crippen LogP contribution in [0.1, 0.15) is 65.2 Å². The second kappa shape index (κ2) is 27.4. The van der Waals surface area contributed by atoms with Crippen molar-refractivity contribution < 1.29 is 9.59 Å². The van der Waals surface area contributed by atoms with Gasteiger partial charge in [-0.3, -0.25) is 4.79 Å². The van der Waals surface area contributed by atoms with Crippen LogP contribution >= 0.6 is 0 Å². The third-order valence-corrected chi connectivity index (χ3v) is 2.65. The van der Waals surface area contributed by atoms with Crippen molar-refractivity contribution in [3.8, 4) is 0 Å². The molecule has 0 aliphatic rings. The Labute approximate surface area is 131 Å². The van der Waals surface area contributed by atoms with E-state index in [1.165, 1.54) is 46.1 Å². The smallest absolute Gasteiger partial charge is 0.216 e. The largest absolute Gasteiger partial charge is 0.356 e. The highest BCUT2D eigenvalue weighted by Gasteiger charge is 1.88. The topological polar surface area (TPSA) is 84.2 Å². The van der Waals surface area contributed by atoms with Crippen LogP contribution in [0, 0.1) is 0 Å². The lowest BCUT2D eigenvalue weighted by Gasteiger charge is -1.99. The zero-order valence-corrected chi connectivity index (χ0v) is 14.5. The number of unbranched alkanes of at least 4 members (excludes halogenated alkanes) is 6. The Kier molecular flexibility index (Phi) is 32.7. The minimum absolute atomic E-state index is 0.0473. The number of nitrogens with one attached hydrogen (secondary N) is 2. The highest BCUT2D eigenvalue weighted by molar-refractivity contribution is 5.72. The number of nitrogens with two attached hydrogens (primary N) is 1. The Morgan fingerprint density at radius 3 is 2.05 bits per heavy atom. The molecule has 0 saturated carbocycles. The van der Waals surface area contributed by atoms with Crippen molar-refractivity contribution in [2.24, 2.45) is 5.73 Å². The van der Waals surface area contributed by atoms with Crippen molar-refractivity contribution in [1.29, 1.82) is 0 Å². The van der Waals surface area contributed by atoms with E-state index in [9.17, 15) is 9.59 Å². The third-order valence-electron chi connectivity index (χ3n) is 2.65. The summed E-state index contributed by atoms with van der Waals surface area (Å²) in [4.78, 5) is 20.2. The molecule has 0 bridgehead atoms. The lowest BCUT2D eigenvalue weighted by Crippen LogP contribution is -2.23. The molecule has 0 unspecified atom stereocenters. The van der Waals surface area contributed by atoms with Gasteiger partial charge in [0.1, 0.15) is 6.29 Å². The molecule has 0 heterocycles. The SMILES string of the molecule is CCCCCCCCC=O.CN.CNCCCNC(C)=O. The number of carbonyl (C=O) groups is 2. The number of rotatable bonds is 11. The van der Waals surface area contributed by atoms with E-state index in [-0.39, 0.29) is 5.91 Å². The minimum Gasteiger partial charge on any atom is -0.356 e. The summed E-state index contributed by atoms with van der Waals surface area (Å²) in [6.07, 6.45) is 10.4. The maximum absolute atomic E-state index is 10.3. The van der Waals surface area contributed by atoms with Gasteiger partial charge in [0.2, 0.25) is 5.91 Å². The zero-order chi connectivity index (χ0) is 16.8. The van der Waals surface area contributed by atoms with E-state index in [1.54, 1.807) is 0 Å². The fourth-order valence-electron chi connectivity index (χ4n) is 1.54. The molecule has 0 radical (unpaired) electrons. The molecule has 21 heavy (non-hydrogen) atoms. The molecule has 0 aromatic heterocycles. The summed E-state index contributed by atoms with van der Waals surface area (Å²) in [5.74, 6) is 0.0473. The number of hydrogen-bond donors (Lipinski definition) is 3. The fraction of sp³-hybridized carbons (Fsp3) is 0.875. The number of carbonyl (C=O) groups excluding carboxylic acids is 2. The maximum Gasteiger partial charge on any atom is 0.216 e. The Morgan fingerprint density at radius 2 is 1.57 bits per heavy atom. The van der Waals surface area contributed by atoms with E-state index < -0.39 is 0 Å². The maximum atomic E-state index is 10.3. The molecular weight excluding hydrogens is 266 g/mol. The molecule has 0 rings (SSSR count). The predicted molar refractivity (Wildman–Crippen MR) is 91.4 cm³/mol. The summed E-state index contributed by atoms with van der Waals surface area (Å²) in [5.41, 5.74) is 4.50. The van der Waals surface area contributed by atoms with Gasteiger partial charge in [-0.1, -0.05) is 39.0 Å². The van der Waals surface area contributed by atoms with Crippen molar-refractivity contribution in [1.82, 2.24) is 10.6 Å². The summed E-state index contributed by atoms with van der Waals surface area (Å²) in [5, 5.41) is 5.69. The first kappa shape index (κ1) is 25.0. The first-order valence-corrected chi connectivity index (χ1v) is 8.09. The second-order valence-corrected chi connectivity index (χ2v) is 4.66. The van der Waals surface area contributed by atoms with E-state index in [0.717, 1.165) is 38.6 Å². The molecule has 5 heteroatoms. The summed E-state index contributed by atoms with van der Waals surface area (Å²) >= 11 is 0. The van der Waals surface area contributed by atoms with Crippen molar-refractivity contribution in [3.05, 3.63) is 0 Å². The normalized spacial score (nSPS) is 8.81. The van der Waals surface area contributed by atoms with Gasteiger partial charge in [0.25, 0.3) is 0 Å². The van der Waals surface area contributed by atoms with Crippen molar-refractivity contribution in [2.45, 2.75) is 65.2 Å². The van der Waals surface area contributed by atoms with Crippen LogP contribution < -0.4 is 16.4 Å². The first-order chi connectivity index (χ1) is 10.2. The highest BCUT2D eigenvalue weighted by atomic mass is 16.1. The van der Waals surface area contributed by atoms with E-state index in [2.05, 4.69) is 23.3 Å². The lowest BCUT2D eigenvalue weighted by atomic mass is 10.1. The van der Waals surface area contributed by atoms with Gasteiger partial charge in [-0.05, 0) is 33.5 Å². The van der Waals surface area contributed by atoms with Gasteiger partial charge < -0.3 is 21.2 Å². The van der Waals surface area contributed by atoms with E-state index in [1.807, 2.05) is 7.05 Å². The summed E-state index contributed by atoms with van der Waals surface area (Å²) in [7, 11) is 3.40. The van der Waals surface area contributed by atoms with Crippen LogP contribution in [-0.2, 0) is 9.59 Å². The van der Waals surface area contributed by atoms with Crippen LogP contribution in [0.4, 0.5) is 0 Å². The van der Waals surface area contributed by atoms with Crippen molar-refractivity contribution in [3.63, 3.8) is 0 Å². The number of amides is 1. The zero-order valence-electron chi connectivity index (χ0n) is 14.5. The summed E-state index contributed by atoms with van der Waals surface area (Å²) in [6, 6.07) is 0. The first-order valence-electron chi connectivity index (χ1n) is 8.09. The van der Waals surface area contributed by atoms with E-state index >= 15 is 0 Å². The molecule has 0 aliphatic heterocycles. The van der Waals surface area contributed by atoms with Crippen LogP contribution in [0.25, 0.3) is 0 Å². The van der Waals surface area contributed by atoms with Gasteiger partial charge in [0.05, 0.1) is 0 Å². The van der Waals surface area contributed by atoms with Crippen LogP contribution in [0.15, 0.2) is 0 Å². The predicted octanol–water partition coefficient (Wildman–Crippen LogP) is 2.24. The van der Waals surface area contributed by atoms with Crippen LogP contribution in [0.5, 0.6) is 0 Å². The third kappa shape index (κ3) is 38.1.